The van der Waals surface area contributed by atoms with E-state index in [4.69, 9.17) is 5.26 Å². The van der Waals surface area contributed by atoms with Crippen LogP contribution in [0, 0.1) is 17.1 Å². The molecular weight excluding hydrogens is 260 g/mol. The van der Waals surface area contributed by atoms with E-state index in [-0.39, 0.29) is 16.8 Å². The molecular formula is C13H6F4N2. The molecule has 0 spiro atoms. The van der Waals surface area contributed by atoms with Gasteiger partial charge in [0.2, 0.25) is 0 Å². The van der Waals surface area contributed by atoms with Crippen LogP contribution in [0.25, 0.3) is 11.1 Å². The number of halogens is 4. The smallest absolute Gasteiger partial charge is 0.246 e. The second kappa shape index (κ2) is 4.69. The number of rotatable bonds is 1. The molecule has 1 aromatic heterocycles. The Kier molecular flexibility index (Phi) is 3.21. The highest BCUT2D eigenvalue weighted by Crippen LogP contribution is 2.37. The summed E-state index contributed by atoms with van der Waals surface area (Å²) in [5.74, 6) is -0.779. The molecule has 0 aliphatic heterocycles. The molecule has 0 atom stereocenters. The lowest BCUT2D eigenvalue weighted by Gasteiger charge is -2.13. The fourth-order valence-electron chi connectivity index (χ4n) is 1.66. The van der Waals surface area contributed by atoms with Gasteiger partial charge in [0, 0.05) is 6.20 Å². The van der Waals surface area contributed by atoms with Gasteiger partial charge >= 0.3 is 6.18 Å². The summed E-state index contributed by atoms with van der Waals surface area (Å²) < 4.78 is 51.7. The third-order valence-electron chi connectivity index (χ3n) is 2.47. The molecule has 96 valence electrons. The van der Waals surface area contributed by atoms with Gasteiger partial charge in [0.05, 0.1) is 5.56 Å². The van der Waals surface area contributed by atoms with Gasteiger partial charge in [0.25, 0.3) is 0 Å². The molecule has 0 amide bonds. The number of hydrogen-bond donors (Lipinski definition) is 0. The Morgan fingerprint density at radius 1 is 1.11 bits per heavy atom. The molecule has 2 nitrogen and oxygen atoms in total. The lowest BCUT2D eigenvalue weighted by molar-refractivity contribution is -0.137. The molecule has 6 heteroatoms. The first-order valence-corrected chi connectivity index (χ1v) is 5.15. The largest absolute Gasteiger partial charge is 0.417 e. The average molecular weight is 266 g/mol. The van der Waals surface area contributed by atoms with Crippen LogP contribution in [-0.2, 0) is 6.18 Å². The molecule has 1 heterocycles. The number of nitriles is 1. The number of hydrogen-bond acceptors (Lipinski definition) is 2. The van der Waals surface area contributed by atoms with Gasteiger partial charge < -0.3 is 0 Å². The first-order chi connectivity index (χ1) is 8.91. The number of alkyl halides is 3. The molecule has 19 heavy (non-hydrogen) atoms. The summed E-state index contributed by atoms with van der Waals surface area (Å²) in [7, 11) is 0. The standard InChI is InChI=1S/C13H6F4N2/c14-9-1-2-12(13(15,16)17)11(6-9)8-3-4-19-10(5-8)7-18/h1-6H. The Balaban J connectivity index is 2.67. The van der Waals surface area contributed by atoms with Crippen LogP contribution in [0.2, 0.25) is 0 Å². The molecule has 0 saturated carbocycles. The van der Waals surface area contributed by atoms with Crippen LogP contribution in [0.5, 0.6) is 0 Å². The van der Waals surface area contributed by atoms with Gasteiger partial charge in [-0.25, -0.2) is 9.37 Å². The number of nitrogens with zero attached hydrogens (tertiary/aromatic N) is 2. The van der Waals surface area contributed by atoms with E-state index in [1.807, 2.05) is 0 Å². The van der Waals surface area contributed by atoms with Crippen LogP contribution in [-0.4, -0.2) is 4.98 Å². The molecule has 0 fully saturated rings. The quantitative estimate of drug-likeness (QED) is 0.736. The van der Waals surface area contributed by atoms with Crippen molar-refractivity contribution in [3.63, 3.8) is 0 Å². The third kappa shape index (κ3) is 2.71. The highest BCUT2D eigenvalue weighted by molar-refractivity contribution is 5.68. The monoisotopic (exact) mass is 266 g/mol. The molecule has 2 rings (SSSR count). The average Bonchev–Trinajstić information content (AvgIpc) is 2.37. The van der Waals surface area contributed by atoms with Crippen molar-refractivity contribution < 1.29 is 17.6 Å². The summed E-state index contributed by atoms with van der Waals surface area (Å²) in [6.45, 7) is 0. The zero-order valence-electron chi connectivity index (χ0n) is 9.37. The van der Waals surface area contributed by atoms with Crippen molar-refractivity contribution in [3.05, 3.63) is 53.6 Å². The summed E-state index contributed by atoms with van der Waals surface area (Å²) in [5.41, 5.74) is -1.20. The van der Waals surface area contributed by atoms with Gasteiger partial charge in [0.15, 0.2) is 0 Å². The summed E-state index contributed by atoms with van der Waals surface area (Å²) in [5, 5.41) is 8.68. The molecule has 1 aromatic carbocycles. The molecule has 2 aromatic rings. The van der Waals surface area contributed by atoms with Crippen molar-refractivity contribution >= 4 is 0 Å². The normalized spacial score (nSPS) is 11.1. The molecule has 0 unspecified atom stereocenters. The first-order valence-electron chi connectivity index (χ1n) is 5.15. The number of pyridine rings is 1. The lowest BCUT2D eigenvalue weighted by atomic mass is 9.99. The Morgan fingerprint density at radius 2 is 1.84 bits per heavy atom. The Bertz CT molecular complexity index is 656. The van der Waals surface area contributed by atoms with Gasteiger partial charge in [-0.15, -0.1) is 0 Å². The third-order valence-corrected chi connectivity index (χ3v) is 2.47. The van der Waals surface area contributed by atoms with Crippen molar-refractivity contribution in [2.24, 2.45) is 0 Å². The van der Waals surface area contributed by atoms with E-state index < -0.39 is 17.6 Å². The number of aromatic nitrogens is 1. The van der Waals surface area contributed by atoms with E-state index in [2.05, 4.69) is 4.98 Å². The van der Waals surface area contributed by atoms with E-state index >= 15 is 0 Å². The van der Waals surface area contributed by atoms with Crippen LogP contribution >= 0.6 is 0 Å². The maximum Gasteiger partial charge on any atom is 0.417 e. The zero-order chi connectivity index (χ0) is 14.0. The van der Waals surface area contributed by atoms with Crippen molar-refractivity contribution in [1.82, 2.24) is 4.98 Å². The van der Waals surface area contributed by atoms with Crippen LogP contribution in [0.3, 0.4) is 0 Å². The second-order valence-electron chi connectivity index (χ2n) is 3.73. The lowest BCUT2D eigenvalue weighted by Crippen LogP contribution is -2.07. The predicted octanol–water partition coefficient (Wildman–Crippen LogP) is 3.78. The van der Waals surface area contributed by atoms with Gasteiger partial charge in [-0.3, -0.25) is 0 Å². The highest BCUT2D eigenvalue weighted by Gasteiger charge is 2.33. The Labute approximate surface area is 105 Å². The topological polar surface area (TPSA) is 36.7 Å². The van der Waals surface area contributed by atoms with Crippen LogP contribution < -0.4 is 0 Å². The van der Waals surface area contributed by atoms with Crippen molar-refractivity contribution in [2.75, 3.05) is 0 Å². The van der Waals surface area contributed by atoms with Gasteiger partial charge in [-0.05, 0) is 41.5 Å². The summed E-state index contributed by atoms with van der Waals surface area (Å²) in [6, 6.07) is 6.42. The van der Waals surface area contributed by atoms with E-state index in [1.165, 1.54) is 18.3 Å². The molecule has 0 bridgehead atoms. The minimum absolute atomic E-state index is 0.0325. The van der Waals surface area contributed by atoms with E-state index in [9.17, 15) is 17.6 Å². The van der Waals surface area contributed by atoms with Gasteiger partial charge in [0.1, 0.15) is 17.6 Å². The summed E-state index contributed by atoms with van der Waals surface area (Å²) in [6.07, 6.45) is -3.39. The SMILES string of the molecule is N#Cc1cc(-c2cc(F)ccc2C(F)(F)F)ccn1. The maximum absolute atomic E-state index is 13.2. The minimum atomic E-state index is -4.60. The summed E-state index contributed by atoms with van der Waals surface area (Å²) >= 11 is 0. The molecule has 0 aliphatic carbocycles. The molecule has 0 radical (unpaired) electrons. The highest BCUT2D eigenvalue weighted by atomic mass is 19.4. The molecule has 0 saturated heterocycles. The van der Waals surface area contributed by atoms with E-state index in [0.717, 1.165) is 12.1 Å². The van der Waals surface area contributed by atoms with Crippen LogP contribution in [0.15, 0.2) is 36.5 Å². The zero-order valence-corrected chi connectivity index (χ0v) is 9.37. The van der Waals surface area contributed by atoms with Crippen molar-refractivity contribution in [3.8, 4) is 17.2 Å². The Morgan fingerprint density at radius 3 is 2.47 bits per heavy atom. The minimum Gasteiger partial charge on any atom is -0.246 e. The van der Waals surface area contributed by atoms with Gasteiger partial charge in [-0.1, -0.05) is 0 Å². The summed E-state index contributed by atoms with van der Waals surface area (Å²) in [4.78, 5) is 3.66. The van der Waals surface area contributed by atoms with E-state index in [0.29, 0.717) is 6.07 Å². The molecule has 0 N–H and O–H groups in total. The van der Waals surface area contributed by atoms with Crippen molar-refractivity contribution in [2.45, 2.75) is 6.18 Å². The van der Waals surface area contributed by atoms with Crippen LogP contribution in [0.1, 0.15) is 11.3 Å². The van der Waals surface area contributed by atoms with Gasteiger partial charge in [-0.2, -0.15) is 18.4 Å². The Hall–Kier alpha value is -2.42. The first kappa shape index (κ1) is 13.0. The van der Waals surface area contributed by atoms with E-state index in [1.54, 1.807) is 6.07 Å². The predicted molar refractivity (Wildman–Crippen MR) is 59.3 cm³/mol. The fraction of sp³-hybridized carbons (Fsp3) is 0.0769. The van der Waals surface area contributed by atoms with Crippen LogP contribution in [0.4, 0.5) is 17.6 Å². The second-order valence-corrected chi connectivity index (χ2v) is 3.73. The maximum atomic E-state index is 13.2. The number of benzene rings is 1. The molecule has 0 aliphatic rings. The fourth-order valence-corrected chi connectivity index (χ4v) is 1.66. The van der Waals surface area contributed by atoms with Crippen molar-refractivity contribution in [1.29, 1.82) is 5.26 Å².